The second-order valence-electron chi connectivity index (χ2n) is 3.77. The Balaban J connectivity index is 3.76. The molecule has 0 N–H and O–H groups in total. The van der Waals surface area contributed by atoms with Crippen LogP contribution in [0.25, 0.3) is 0 Å². The van der Waals surface area contributed by atoms with Crippen molar-refractivity contribution >= 4 is 11.8 Å². The van der Waals surface area contributed by atoms with Gasteiger partial charge in [-0.1, -0.05) is 6.92 Å². The van der Waals surface area contributed by atoms with E-state index in [0.717, 1.165) is 6.42 Å². The number of unbranched alkanes of at least 4 members (excludes halogenated alkanes) is 1. The van der Waals surface area contributed by atoms with Crippen LogP contribution in [0.3, 0.4) is 0 Å². The molecule has 0 heterocycles. The molecular weight excluding hydrogens is 226 g/mol. The van der Waals surface area contributed by atoms with Crippen molar-refractivity contribution in [3.8, 4) is 0 Å². The molecule has 0 fully saturated rings. The van der Waals surface area contributed by atoms with Crippen LogP contribution in [-0.2, 0) is 19.2 Å². The van der Waals surface area contributed by atoms with Gasteiger partial charge < -0.3 is 9.53 Å². The van der Waals surface area contributed by atoms with Gasteiger partial charge in [0, 0.05) is 19.8 Å². The van der Waals surface area contributed by atoms with Crippen molar-refractivity contribution in [2.75, 3.05) is 6.54 Å². The first-order valence-corrected chi connectivity index (χ1v) is 5.76. The molecule has 0 saturated heterocycles. The van der Waals surface area contributed by atoms with Gasteiger partial charge in [0.25, 0.3) is 0 Å². The van der Waals surface area contributed by atoms with Crippen molar-refractivity contribution in [1.82, 2.24) is 0 Å². The number of nitrogens with zero attached hydrogens (tertiary/aromatic N) is 1. The predicted octanol–water partition coefficient (Wildman–Crippen LogP) is 1.76. The Morgan fingerprint density at radius 1 is 1.29 bits per heavy atom. The van der Waals surface area contributed by atoms with Crippen LogP contribution in [0.15, 0.2) is 0 Å². The molecule has 0 aliphatic rings. The molecule has 17 heavy (non-hydrogen) atoms. The molecule has 1 atom stereocenters. The number of Topliss-reactive ketones (excluding diaryl/α,β-unsaturated/α-hetero) is 1. The number of ether oxygens (including phenoxy) is 1. The first kappa shape index (κ1) is 15.5. The lowest BCUT2D eigenvalue weighted by molar-refractivity contribution is -0.820. The average molecular weight is 246 g/mol. The molecule has 1 unspecified atom stereocenters. The van der Waals surface area contributed by atoms with Crippen LogP contribution in [0.4, 0.5) is 0 Å². The number of hydrogen-bond acceptors (Lipinski definition) is 5. The largest absolute Gasteiger partial charge is 0.418 e. The number of hydrogen-bond donors (Lipinski definition) is 0. The first-order chi connectivity index (χ1) is 7.95. The monoisotopic (exact) mass is 246 g/mol. The molecule has 0 radical (unpaired) electrons. The normalized spacial score (nSPS) is 11.7. The van der Waals surface area contributed by atoms with E-state index in [1.54, 1.807) is 0 Å². The molecule has 0 aromatic rings. The Morgan fingerprint density at radius 2 is 1.94 bits per heavy atom. The second kappa shape index (κ2) is 8.66. The van der Waals surface area contributed by atoms with E-state index in [1.807, 2.05) is 6.92 Å². The molecule has 0 aromatic heterocycles. The molecular formula is C11H20NO5+. The summed E-state index contributed by atoms with van der Waals surface area (Å²) >= 11 is 0. The van der Waals surface area contributed by atoms with Crippen LogP contribution in [0.1, 0.15) is 46.5 Å². The van der Waals surface area contributed by atoms with Crippen molar-refractivity contribution in [3.63, 3.8) is 0 Å². The van der Waals surface area contributed by atoms with E-state index in [2.05, 4.69) is 0 Å². The summed E-state index contributed by atoms with van der Waals surface area (Å²) in [4.78, 5) is 38.1. The lowest BCUT2D eigenvalue weighted by Crippen LogP contribution is -2.24. The number of carbonyl (C=O) groups is 2. The van der Waals surface area contributed by atoms with Crippen molar-refractivity contribution in [2.24, 2.45) is 0 Å². The molecule has 0 spiro atoms. The molecule has 0 amide bonds. The maximum Gasteiger partial charge on any atom is 0.312 e. The molecule has 0 bridgehead atoms. The van der Waals surface area contributed by atoms with E-state index >= 15 is 0 Å². The molecule has 0 aliphatic heterocycles. The van der Waals surface area contributed by atoms with Gasteiger partial charge in [-0.15, -0.1) is 0 Å². The highest BCUT2D eigenvalue weighted by atomic mass is 16.8. The van der Waals surface area contributed by atoms with Crippen molar-refractivity contribution in [3.05, 3.63) is 4.91 Å². The van der Waals surface area contributed by atoms with E-state index < -0.39 is 12.3 Å². The van der Waals surface area contributed by atoms with Crippen molar-refractivity contribution < 1.29 is 24.1 Å². The summed E-state index contributed by atoms with van der Waals surface area (Å²) in [7, 11) is 0. The Hall–Kier alpha value is -1.46. The summed E-state index contributed by atoms with van der Waals surface area (Å²) in [5, 5.41) is 0. The van der Waals surface area contributed by atoms with E-state index in [9.17, 15) is 14.5 Å². The lowest BCUT2D eigenvalue weighted by atomic mass is 10.2. The van der Waals surface area contributed by atoms with Crippen molar-refractivity contribution in [2.45, 2.75) is 52.7 Å². The maximum atomic E-state index is 11.2. The molecule has 0 rings (SSSR count). The zero-order chi connectivity index (χ0) is 13.3. The molecule has 0 aliphatic carbocycles. The van der Waals surface area contributed by atoms with E-state index in [0.29, 0.717) is 11.3 Å². The Morgan fingerprint density at radius 3 is 2.47 bits per heavy atom. The van der Waals surface area contributed by atoms with Crippen LogP contribution in [-0.4, -0.2) is 29.5 Å². The predicted molar refractivity (Wildman–Crippen MR) is 60.0 cm³/mol. The van der Waals surface area contributed by atoms with Gasteiger partial charge in [-0.3, -0.25) is 4.79 Å². The number of ketones is 1. The van der Waals surface area contributed by atoms with E-state index in [4.69, 9.17) is 9.57 Å². The minimum Gasteiger partial charge on any atom is -0.418 e. The zero-order valence-electron chi connectivity index (χ0n) is 10.6. The third-order valence-corrected chi connectivity index (χ3v) is 1.94. The highest BCUT2D eigenvalue weighted by Crippen LogP contribution is 2.01. The quantitative estimate of drug-likeness (QED) is 0.352. The third-order valence-electron chi connectivity index (χ3n) is 1.94. The summed E-state index contributed by atoms with van der Waals surface area (Å²) in [6, 6.07) is 0. The molecule has 98 valence electrons. The fourth-order valence-corrected chi connectivity index (χ4v) is 1.05. The zero-order valence-corrected chi connectivity index (χ0v) is 10.6. The van der Waals surface area contributed by atoms with Crippen LogP contribution in [0.5, 0.6) is 0 Å². The van der Waals surface area contributed by atoms with Crippen LogP contribution in [0.2, 0.25) is 0 Å². The minimum absolute atomic E-state index is 0.0108. The summed E-state index contributed by atoms with van der Waals surface area (Å²) in [6.07, 6.45) is 0.826. The van der Waals surface area contributed by atoms with Gasteiger partial charge in [0.15, 0.2) is 0 Å². The number of carbonyl (C=O) groups excluding carboxylic acids is 2. The standard InChI is InChI=1S/C11H20NO5/c1-4-5-8-12(15)17-10(3)16-11(14)7-6-9(2)13/h10H,4-8H2,1-3H3/q+1. The lowest BCUT2D eigenvalue weighted by Gasteiger charge is -2.07. The highest BCUT2D eigenvalue weighted by molar-refractivity contribution is 5.80. The summed E-state index contributed by atoms with van der Waals surface area (Å²) in [5.41, 5.74) is 0. The summed E-state index contributed by atoms with van der Waals surface area (Å²) in [6.45, 7) is 5.06. The van der Waals surface area contributed by atoms with Crippen LogP contribution >= 0.6 is 0 Å². The average Bonchev–Trinajstić information content (AvgIpc) is 2.23. The second-order valence-corrected chi connectivity index (χ2v) is 3.77. The molecule has 0 aromatic carbocycles. The maximum absolute atomic E-state index is 11.2. The SMILES string of the molecule is CCCC[N+](=O)OC(C)OC(=O)CCC(C)=O. The van der Waals surface area contributed by atoms with E-state index in [-0.39, 0.29) is 25.2 Å². The molecule has 6 heteroatoms. The number of esters is 1. The summed E-state index contributed by atoms with van der Waals surface area (Å²) in [5.74, 6) is -0.625. The van der Waals surface area contributed by atoms with Gasteiger partial charge in [-0.25, -0.2) is 0 Å². The fraction of sp³-hybridized carbons (Fsp3) is 0.818. The van der Waals surface area contributed by atoms with Gasteiger partial charge in [0.2, 0.25) is 11.5 Å². The van der Waals surface area contributed by atoms with Crippen LogP contribution < -0.4 is 0 Å². The first-order valence-electron chi connectivity index (χ1n) is 5.76. The fourth-order valence-electron chi connectivity index (χ4n) is 1.05. The molecule has 6 nitrogen and oxygen atoms in total. The van der Waals surface area contributed by atoms with Gasteiger partial charge in [-0.05, 0) is 13.3 Å². The Labute approximate surface area is 101 Å². The van der Waals surface area contributed by atoms with E-state index in [1.165, 1.54) is 13.8 Å². The summed E-state index contributed by atoms with van der Waals surface area (Å²) < 4.78 is 4.80. The minimum atomic E-state index is -0.927. The Bertz CT molecular complexity index is 277. The third kappa shape index (κ3) is 9.47. The van der Waals surface area contributed by atoms with Gasteiger partial charge in [0.05, 0.1) is 11.3 Å². The highest BCUT2D eigenvalue weighted by Gasteiger charge is 2.19. The van der Waals surface area contributed by atoms with Gasteiger partial charge >= 0.3 is 12.3 Å². The van der Waals surface area contributed by atoms with Crippen LogP contribution in [0, 0.1) is 4.91 Å². The Kier molecular flexibility index (Phi) is 7.92. The molecule has 0 saturated carbocycles. The number of rotatable bonds is 9. The topological polar surface area (TPSA) is 72.7 Å². The van der Waals surface area contributed by atoms with Crippen molar-refractivity contribution in [1.29, 1.82) is 0 Å². The smallest absolute Gasteiger partial charge is 0.312 e. The van der Waals surface area contributed by atoms with Gasteiger partial charge in [-0.2, -0.15) is 4.84 Å². The van der Waals surface area contributed by atoms with Gasteiger partial charge in [0.1, 0.15) is 5.78 Å².